The van der Waals surface area contributed by atoms with E-state index >= 15 is 0 Å². The first-order valence-corrected chi connectivity index (χ1v) is 6.84. The number of hydrogen-bond acceptors (Lipinski definition) is 6. The molecule has 0 radical (unpaired) electrons. The monoisotopic (exact) mass is 308 g/mol. The van der Waals surface area contributed by atoms with Crippen molar-refractivity contribution in [3.8, 4) is 11.5 Å². The molecule has 21 heavy (non-hydrogen) atoms. The molecule has 1 heterocycles. The summed E-state index contributed by atoms with van der Waals surface area (Å²) in [5.41, 5.74) is -0.0488. The van der Waals surface area contributed by atoms with Crippen LogP contribution < -0.4 is 5.32 Å². The number of rotatable bonds is 5. The number of benzene rings is 1. The molecule has 1 amide bonds. The van der Waals surface area contributed by atoms with Crippen LogP contribution in [0.15, 0.2) is 23.6 Å². The minimum Gasteiger partial charge on any atom is -0.504 e. The Labute approximate surface area is 123 Å². The Balaban J connectivity index is 1.92. The van der Waals surface area contributed by atoms with Crippen molar-refractivity contribution >= 4 is 23.2 Å². The van der Waals surface area contributed by atoms with E-state index in [-0.39, 0.29) is 23.6 Å². The van der Waals surface area contributed by atoms with E-state index in [0.29, 0.717) is 11.4 Å². The van der Waals surface area contributed by atoms with E-state index < -0.39 is 17.6 Å². The smallest absolute Gasteiger partial charge is 0.355 e. The molecule has 0 saturated heterocycles. The van der Waals surface area contributed by atoms with Crippen molar-refractivity contribution in [2.24, 2.45) is 0 Å². The molecule has 8 heteroatoms. The zero-order valence-corrected chi connectivity index (χ0v) is 11.6. The molecule has 0 fully saturated rings. The van der Waals surface area contributed by atoms with Gasteiger partial charge < -0.3 is 20.6 Å². The van der Waals surface area contributed by atoms with Gasteiger partial charge in [0.15, 0.2) is 17.2 Å². The number of phenolic OH excluding ortho intramolecular Hbond substituents is 2. The minimum absolute atomic E-state index is 0.0213. The van der Waals surface area contributed by atoms with Gasteiger partial charge in [-0.2, -0.15) is 0 Å². The summed E-state index contributed by atoms with van der Waals surface area (Å²) < 4.78 is 0. The summed E-state index contributed by atoms with van der Waals surface area (Å²) in [6.07, 6.45) is 0.378. The van der Waals surface area contributed by atoms with Gasteiger partial charge in [-0.3, -0.25) is 4.79 Å². The van der Waals surface area contributed by atoms with E-state index in [1.54, 1.807) is 0 Å². The molecule has 1 aromatic heterocycles. The molecular formula is C13H12N2O5S. The van der Waals surface area contributed by atoms with Gasteiger partial charge in [0.1, 0.15) is 0 Å². The maximum Gasteiger partial charge on any atom is 0.355 e. The first kappa shape index (κ1) is 14.8. The predicted molar refractivity (Wildman–Crippen MR) is 74.9 cm³/mol. The van der Waals surface area contributed by atoms with Crippen molar-refractivity contribution in [3.05, 3.63) is 39.8 Å². The molecule has 0 spiro atoms. The molecule has 0 aliphatic carbocycles. The lowest BCUT2D eigenvalue weighted by atomic mass is 10.1. The van der Waals surface area contributed by atoms with Gasteiger partial charge in [0.25, 0.3) is 5.91 Å². The highest BCUT2D eigenvalue weighted by Crippen LogP contribution is 2.27. The molecule has 0 bridgehead atoms. The first-order valence-electron chi connectivity index (χ1n) is 5.96. The van der Waals surface area contributed by atoms with Gasteiger partial charge in [-0.15, -0.1) is 11.3 Å². The van der Waals surface area contributed by atoms with Crippen LogP contribution in [-0.4, -0.2) is 38.7 Å². The van der Waals surface area contributed by atoms with Gasteiger partial charge in [0.05, 0.1) is 10.6 Å². The largest absolute Gasteiger partial charge is 0.504 e. The lowest BCUT2D eigenvalue weighted by Crippen LogP contribution is -2.25. The molecule has 0 aliphatic rings. The number of nitrogens with one attached hydrogen (secondary N) is 1. The van der Waals surface area contributed by atoms with Crippen LogP contribution in [0.5, 0.6) is 11.5 Å². The van der Waals surface area contributed by atoms with Crippen LogP contribution in [0.4, 0.5) is 0 Å². The number of phenols is 2. The molecule has 4 N–H and O–H groups in total. The fourth-order valence-electron chi connectivity index (χ4n) is 1.62. The topological polar surface area (TPSA) is 120 Å². The van der Waals surface area contributed by atoms with Crippen molar-refractivity contribution in [2.45, 2.75) is 6.42 Å². The Morgan fingerprint density at radius 2 is 2.05 bits per heavy atom. The maximum absolute atomic E-state index is 11.8. The zero-order chi connectivity index (χ0) is 15.4. The van der Waals surface area contributed by atoms with Crippen LogP contribution in [0.3, 0.4) is 0 Å². The van der Waals surface area contributed by atoms with Crippen LogP contribution in [0, 0.1) is 0 Å². The molecule has 110 valence electrons. The minimum atomic E-state index is -1.09. The molecule has 7 nitrogen and oxygen atoms in total. The number of hydrogen-bond donors (Lipinski definition) is 4. The van der Waals surface area contributed by atoms with Gasteiger partial charge in [-0.05, 0) is 12.1 Å². The van der Waals surface area contributed by atoms with E-state index in [1.807, 2.05) is 0 Å². The Bertz CT molecular complexity index is 683. The van der Waals surface area contributed by atoms with Crippen LogP contribution in [-0.2, 0) is 6.42 Å². The third-order valence-electron chi connectivity index (χ3n) is 2.65. The Hall–Kier alpha value is -2.61. The molecule has 0 saturated carbocycles. The van der Waals surface area contributed by atoms with Gasteiger partial charge in [-0.1, -0.05) is 6.07 Å². The highest BCUT2D eigenvalue weighted by Gasteiger charge is 2.14. The van der Waals surface area contributed by atoms with E-state index in [4.69, 9.17) is 5.11 Å². The SMILES string of the molecule is O=C(O)c1csc(CCNC(=O)c2cccc(O)c2O)n1. The highest BCUT2D eigenvalue weighted by atomic mass is 32.1. The average Bonchev–Trinajstić information content (AvgIpc) is 2.91. The molecule has 0 unspecified atom stereocenters. The number of carbonyl (C=O) groups excluding carboxylic acids is 1. The number of carboxylic acid groups (broad SMARTS) is 1. The normalized spacial score (nSPS) is 10.3. The van der Waals surface area contributed by atoms with E-state index in [2.05, 4.69) is 10.3 Å². The second kappa shape index (κ2) is 6.23. The maximum atomic E-state index is 11.8. The van der Waals surface area contributed by atoms with Crippen LogP contribution in [0.2, 0.25) is 0 Å². The summed E-state index contributed by atoms with van der Waals surface area (Å²) in [6.45, 7) is 0.237. The van der Waals surface area contributed by atoms with E-state index in [0.717, 1.165) is 0 Å². The second-order valence-corrected chi connectivity index (χ2v) is 5.05. The van der Waals surface area contributed by atoms with Gasteiger partial charge in [-0.25, -0.2) is 9.78 Å². The van der Waals surface area contributed by atoms with Crippen molar-refractivity contribution in [3.63, 3.8) is 0 Å². The predicted octanol–water partition coefficient (Wildman–Crippen LogP) is 1.22. The van der Waals surface area contributed by atoms with Crippen molar-refractivity contribution < 1.29 is 24.9 Å². The Morgan fingerprint density at radius 1 is 1.29 bits per heavy atom. The average molecular weight is 308 g/mol. The summed E-state index contributed by atoms with van der Waals surface area (Å²) in [5.74, 6) is -2.46. The molecule has 0 aliphatic heterocycles. The van der Waals surface area contributed by atoms with Gasteiger partial charge in [0.2, 0.25) is 0 Å². The fraction of sp³-hybridized carbons (Fsp3) is 0.154. The number of amides is 1. The number of aromatic carboxylic acids is 1. The third kappa shape index (κ3) is 3.48. The third-order valence-corrected chi connectivity index (χ3v) is 3.56. The lowest BCUT2D eigenvalue weighted by Gasteiger charge is -2.06. The fourth-order valence-corrected chi connectivity index (χ4v) is 2.39. The molecule has 0 atom stereocenters. The molecular weight excluding hydrogens is 296 g/mol. The highest BCUT2D eigenvalue weighted by molar-refractivity contribution is 7.09. The standard InChI is InChI=1S/C13H12N2O5S/c16-9-3-1-2-7(11(9)17)12(18)14-5-4-10-15-8(6-21-10)13(19)20/h1-3,6,16-17H,4-5H2,(H,14,18)(H,19,20). The summed E-state index contributed by atoms with van der Waals surface area (Å²) in [7, 11) is 0. The quantitative estimate of drug-likeness (QED) is 0.617. The number of carbonyl (C=O) groups is 2. The lowest BCUT2D eigenvalue weighted by molar-refractivity contribution is 0.0690. The van der Waals surface area contributed by atoms with Crippen molar-refractivity contribution in [2.75, 3.05) is 6.54 Å². The molecule has 1 aromatic carbocycles. The first-order chi connectivity index (χ1) is 9.99. The van der Waals surface area contributed by atoms with E-state index in [9.17, 15) is 19.8 Å². The summed E-state index contributed by atoms with van der Waals surface area (Å²) in [4.78, 5) is 26.4. The van der Waals surface area contributed by atoms with Gasteiger partial charge in [0, 0.05) is 18.3 Å². The Kier molecular flexibility index (Phi) is 4.39. The number of nitrogens with zero attached hydrogens (tertiary/aromatic N) is 1. The molecule has 2 aromatic rings. The summed E-state index contributed by atoms with van der Waals surface area (Å²) in [6, 6.07) is 4.11. The van der Waals surface area contributed by atoms with Crippen molar-refractivity contribution in [1.82, 2.24) is 10.3 Å². The summed E-state index contributed by atoms with van der Waals surface area (Å²) >= 11 is 1.20. The zero-order valence-electron chi connectivity index (χ0n) is 10.7. The number of carboxylic acids is 1. The second-order valence-electron chi connectivity index (χ2n) is 4.11. The van der Waals surface area contributed by atoms with Crippen LogP contribution in [0.25, 0.3) is 0 Å². The Morgan fingerprint density at radius 3 is 2.71 bits per heavy atom. The van der Waals surface area contributed by atoms with E-state index in [1.165, 1.54) is 34.9 Å². The van der Waals surface area contributed by atoms with Crippen LogP contribution >= 0.6 is 11.3 Å². The number of aromatic nitrogens is 1. The van der Waals surface area contributed by atoms with Crippen molar-refractivity contribution in [1.29, 1.82) is 0 Å². The van der Waals surface area contributed by atoms with Gasteiger partial charge >= 0.3 is 5.97 Å². The van der Waals surface area contributed by atoms with Crippen LogP contribution in [0.1, 0.15) is 25.9 Å². The number of para-hydroxylation sites is 1. The summed E-state index contributed by atoms with van der Waals surface area (Å²) in [5, 5.41) is 32.2. The number of thiazole rings is 1. The number of aromatic hydroxyl groups is 2. The molecule has 2 rings (SSSR count).